The average Bonchev–Trinajstić information content (AvgIpc) is 2.93. The highest BCUT2D eigenvalue weighted by Crippen LogP contribution is 2.45. The molecule has 0 saturated heterocycles. The van der Waals surface area contributed by atoms with Crippen LogP contribution in [-0.2, 0) is 10.9 Å². The summed E-state index contributed by atoms with van der Waals surface area (Å²) in [5.41, 5.74) is -3.39. The Balaban J connectivity index is 1.84. The van der Waals surface area contributed by atoms with Gasteiger partial charge in [0.15, 0.2) is 11.6 Å². The van der Waals surface area contributed by atoms with Crippen LogP contribution in [-0.4, -0.2) is 42.9 Å². The van der Waals surface area contributed by atoms with Gasteiger partial charge in [0.2, 0.25) is 5.88 Å². The molecule has 8 nitrogen and oxygen atoms in total. The molecule has 4 rings (SSSR count). The highest BCUT2D eigenvalue weighted by molar-refractivity contribution is 9.10. The molecule has 15 heteroatoms. The van der Waals surface area contributed by atoms with Crippen molar-refractivity contribution in [3.63, 3.8) is 0 Å². The highest BCUT2D eigenvalue weighted by Gasteiger charge is 2.40. The van der Waals surface area contributed by atoms with Gasteiger partial charge in [-0.1, -0.05) is 6.92 Å². The number of amides is 2. The van der Waals surface area contributed by atoms with Crippen LogP contribution in [0.1, 0.15) is 61.5 Å². The average molecular weight is 703 g/mol. The van der Waals surface area contributed by atoms with E-state index in [1.165, 1.54) is 30.2 Å². The monoisotopic (exact) mass is 702 g/mol. The quantitative estimate of drug-likeness (QED) is 0.198. The van der Waals surface area contributed by atoms with Gasteiger partial charge in [-0.25, -0.2) is 22.9 Å². The molecule has 1 atom stereocenters. The van der Waals surface area contributed by atoms with E-state index in [0.29, 0.717) is 12.1 Å². The third-order valence-electron chi connectivity index (χ3n) is 6.88. The van der Waals surface area contributed by atoms with Gasteiger partial charge in [0, 0.05) is 23.9 Å². The fraction of sp³-hybridized carbons (Fsp3) is 0.367. The first kappa shape index (κ1) is 33.9. The van der Waals surface area contributed by atoms with E-state index in [0.717, 1.165) is 11.0 Å². The molecular weight excluding hydrogens is 674 g/mol. The molecule has 1 aromatic heterocycles. The van der Waals surface area contributed by atoms with Gasteiger partial charge in [0.25, 0.3) is 5.91 Å². The predicted molar refractivity (Wildman–Crippen MR) is 157 cm³/mol. The molecule has 0 radical (unpaired) electrons. The lowest BCUT2D eigenvalue weighted by molar-refractivity contribution is -0.139. The molecule has 0 spiro atoms. The van der Waals surface area contributed by atoms with Crippen molar-refractivity contribution in [2.75, 3.05) is 30.1 Å². The maximum atomic E-state index is 15.6. The molecule has 45 heavy (non-hydrogen) atoms. The number of rotatable bonds is 7. The number of fused-ring (bicyclic) bond motifs is 1. The second-order valence-electron chi connectivity index (χ2n) is 11.2. The van der Waals surface area contributed by atoms with Crippen molar-refractivity contribution in [1.82, 2.24) is 10.3 Å². The number of alkyl halides is 3. The van der Waals surface area contributed by atoms with Crippen LogP contribution < -0.4 is 19.9 Å². The molecule has 0 fully saturated rings. The van der Waals surface area contributed by atoms with Gasteiger partial charge in [0.1, 0.15) is 22.7 Å². The number of methoxy groups -OCH3 is 1. The van der Waals surface area contributed by atoms with E-state index in [1.54, 1.807) is 27.7 Å². The third kappa shape index (κ3) is 7.29. The first-order chi connectivity index (χ1) is 20.9. The molecule has 1 N–H and O–H groups in total. The van der Waals surface area contributed by atoms with Gasteiger partial charge in [-0.3, -0.25) is 9.69 Å². The molecule has 2 heterocycles. The van der Waals surface area contributed by atoms with Crippen LogP contribution in [0.15, 0.2) is 41.0 Å². The van der Waals surface area contributed by atoms with E-state index in [4.69, 9.17) is 9.47 Å². The van der Waals surface area contributed by atoms with Crippen LogP contribution >= 0.6 is 15.9 Å². The van der Waals surface area contributed by atoms with Crippen molar-refractivity contribution < 1.29 is 45.4 Å². The molecule has 0 aliphatic carbocycles. The van der Waals surface area contributed by atoms with Crippen LogP contribution in [0.5, 0.6) is 5.88 Å². The molecule has 3 aromatic rings. The van der Waals surface area contributed by atoms with E-state index < -0.39 is 64.9 Å². The number of pyridine rings is 1. The van der Waals surface area contributed by atoms with E-state index in [1.807, 2.05) is 0 Å². The Morgan fingerprint density at radius 1 is 1.02 bits per heavy atom. The summed E-state index contributed by atoms with van der Waals surface area (Å²) < 4.78 is 96.9. The molecule has 0 saturated carbocycles. The van der Waals surface area contributed by atoms with E-state index in [-0.39, 0.29) is 46.1 Å². The van der Waals surface area contributed by atoms with E-state index >= 15 is 4.39 Å². The van der Waals surface area contributed by atoms with Gasteiger partial charge >= 0.3 is 12.3 Å². The number of carbonyl (C=O) groups excluding carboxylic acids is 2. The smallest absolute Gasteiger partial charge is 0.419 e. The van der Waals surface area contributed by atoms with Crippen LogP contribution in [0, 0.1) is 17.5 Å². The summed E-state index contributed by atoms with van der Waals surface area (Å²) in [5.74, 6) is -5.66. The number of carbonyl (C=O) groups is 2. The summed E-state index contributed by atoms with van der Waals surface area (Å²) in [6.45, 7) is 6.06. The molecule has 1 aliphatic heterocycles. The Bertz CT molecular complexity index is 1630. The maximum Gasteiger partial charge on any atom is 0.419 e. The number of ether oxygens (including phenoxy) is 2. The zero-order valence-electron chi connectivity index (χ0n) is 24.8. The zero-order valence-corrected chi connectivity index (χ0v) is 26.4. The lowest BCUT2D eigenvalue weighted by atomic mass is 9.93. The lowest BCUT2D eigenvalue weighted by Gasteiger charge is -2.40. The number of alkyl carbamates (subject to hydrolysis) is 1. The summed E-state index contributed by atoms with van der Waals surface area (Å²) in [7, 11) is 1.37. The fourth-order valence-electron chi connectivity index (χ4n) is 4.83. The van der Waals surface area contributed by atoms with Crippen LogP contribution in [0.2, 0.25) is 0 Å². The minimum Gasteiger partial charge on any atom is -0.481 e. The Kier molecular flexibility index (Phi) is 9.61. The summed E-state index contributed by atoms with van der Waals surface area (Å²) in [6.07, 6.45) is -5.78. The second kappa shape index (κ2) is 12.8. The van der Waals surface area contributed by atoms with Crippen molar-refractivity contribution in [3.05, 3.63) is 75.1 Å². The molecule has 0 bridgehead atoms. The number of nitrogens with one attached hydrogen (secondary N) is 1. The first-order valence-corrected chi connectivity index (χ1v) is 14.4. The van der Waals surface area contributed by atoms with Crippen molar-refractivity contribution in [3.8, 4) is 5.88 Å². The summed E-state index contributed by atoms with van der Waals surface area (Å²) in [4.78, 5) is 32.2. The van der Waals surface area contributed by atoms with Crippen molar-refractivity contribution in [1.29, 1.82) is 0 Å². The summed E-state index contributed by atoms with van der Waals surface area (Å²) in [5, 5.41) is 2.54. The first-order valence-electron chi connectivity index (χ1n) is 13.6. The second-order valence-corrected chi connectivity index (χ2v) is 12.0. The number of halogens is 7. The van der Waals surface area contributed by atoms with Gasteiger partial charge in [0.05, 0.1) is 29.6 Å². The number of aromatic nitrogens is 1. The molecule has 242 valence electrons. The molecule has 2 amide bonds. The summed E-state index contributed by atoms with van der Waals surface area (Å²) in [6, 6.07) is 5.80. The van der Waals surface area contributed by atoms with Gasteiger partial charge < -0.3 is 19.7 Å². The summed E-state index contributed by atoms with van der Waals surface area (Å²) >= 11 is 3.26. The highest BCUT2D eigenvalue weighted by atomic mass is 79.9. The molecule has 1 unspecified atom stereocenters. The van der Waals surface area contributed by atoms with E-state index in [2.05, 4.69) is 26.2 Å². The Labute approximate surface area is 263 Å². The Morgan fingerprint density at radius 2 is 1.69 bits per heavy atom. The normalized spacial score (nSPS) is 14.3. The number of anilines is 3. The topological polar surface area (TPSA) is 84.0 Å². The number of nitrogens with zero attached hydrogens (tertiary/aromatic N) is 3. The standard InChI is InChI=1S/C30H29BrF6N4O4/c1-15(10-11-38-28(43)45-29(2,3)4)24-20(7-6-18(32)25(24)34)40-14-41(21-8-9-23(44-5)39-26(21)31)27(42)16-12-19(33)17(13-22(16)40)30(35,36)37/h6-9,12-13,15H,10-11,14H2,1-5H3,(H,38,43). The third-order valence-corrected chi connectivity index (χ3v) is 7.47. The van der Waals surface area contributed by atoms with Crippen molar-refractivity contribution >= 4 is 45.0 Å². The van der Waals surface area contributed by atoms with Crippen LogP contribution in [0.4, 0.5) is 48.2 Å². The zero-order chi connectivity index (χ0) is 33.4. The van der Waals surface area contributed by atoms with Crippen molar-refractivity contribution in [2.45, 2.75) is 51.8 Å². The lowest BCUT2D eigenvalue weighted by Crippen LogP contribution is -2.46. The Hall–Kier alpha value is -4.01. The minimum absolute atomic E-state index is 0.0133. The van der Waals surface area contributed by atoms with Crippen LogP contribution in [0.3, 0.4) is 0 Å². The molecular formula is C30H29BrF6N4O4. The molecule has 2 aromatic carbocycles. The Morgan fingerprint density at radius 3 is 2.29 bits per heavy atom. The number of benzene rings is 2. The molecule has 1 aliphatic rings. The number of hydrogen-bond acceptors (Lipinski definition) is 6. The van der Waals surface area contributed by atoms with Gasteiger partial charge in [-0.2, -0.15) is 13.2 Å². The van der Waals surface area contributed by atoms with Gasteiger partial charge in [-0.05, 0) is 79.4 Å². The van der Waals surface area contributed by atoms with E-state index in [9.17, 15) is 31.5 Å². The van der Waals surface area contributed by atoms with Crippen molar-refractivity contribution in [2.24, 2.45) is 0 Å². The largest absolute Gasteiger partial charge is 0.481 e. The van der Waals surface area contributed by atoms with Gasteiger partial charge in [-0.15, -0.1) is 0 Å². The fourth-order valence-corrected chi connectivity index (χ4v) is 5.35. The number of hydrogen-bond donors (Lipinski definition) is 1. The SMILES string of the molecule is COc1ccc(N2CN(c3ccc(F)c(F)c3C(C)CCNC(=O)OC(C)(C)C)c3cc(C(F)(F)F)c(F)cc3C2=O)c(Br)n1. The predicted octanol–water partition coefficient (Wildman–Crippen LogP) is 8.06. The maximum absolute atomic E-state index is 15.6. The minimum atomic E-state index is -5.12. The van der Waals surface area contributed by atoms with Crippen LogP contribution in [0.25, 0.3) is 0 Å².